The van der Waals surface area contributed by atoms with E-state index in [1.165, 1.54) is 0 Å². The lowest BCUT2D eigenvalue weighted by molar-refractivity contribution is -0.121. The van der Waals surface area contributed by atoms with Crippen molar-refractivity contribution < 1.29 is 19.1 Å². The Balaban J connectivity index is 1.52. The molecule has 1 spiro atoms. The average Bonchev–Trinajstić information content (AvgIpc) is 3.49. The zero-order valence-electron chi connectivity index (χ0n) is 22.4. The van der Waals surface area contributed by atoms with Crippen LogP contribution in [0.3, 0.4) is 0 Å². The van der Waals surface area contributed by atoms with E-state index < -0.39 is 23.4 Å². The minimum atomic E-state index is -1.37. The summed E-state index contributed by atoms with van der Waals surface area (Å²) in [7, 11) is 1.56. The second-order valence-electron chi connectivity index (χ2n) is 10.6. The molecule has 4 aromatic rings. The van der Waals surface area contributed by atoms with Crippen LogP contribution in [0.15, 0.2) is 102 Å². The highest BCUT2D eigenvalue weighted by Gasteiger charge is 2.70. The lowest BCUT2D eigenvalue weighted by Crippen LogP contribution is -2.51. The number of Topliss-reactive ketones (excluding diaryl/α,β-unsaturated/α-hetero) is 2. The van der Waals surface area contributed by atoms with Crippen molar-refractivity contribution in [1.29, 1.82) is 0 Å². The molecule has 0 aromatic heterocycles. The summed E-state index contributed by atoms with van der Waals surface area (Å²) in [5.41, 5.74) is 2.45. The zero-order chi connectivity index (χ0) is 29.2. The first-order valence-corrected chi connectivity index (χ1v) is 14.7. The fourth-order valence-electron chi connectivity index (χ4n) is 6.90. The number of benzene rings is 4. The van der Waals surface area contributed by atoms with E-state index in [4.69, 9.17) is 16.3 Å². The smallest absolute Gasteiger partial charge is 0.238 e. The number of rotatable bonds is 5. The molecule has 0 radical (unpaired) electrons. The van der Waals surface area contributed by atoms with Crippen molar-refractivity contribution in [2.24, 2.45) is 5.92 Å². The lowest BCUT2D eigenvalue weighted by atomic mass is 9.64. The molecule has 4 aromatic carbocycles. The van der Waals surface area contributed by atoms with E-state index in [2.05, 4.69) is 21.2 Å². The number of anilines is 2. The van der Waals surface area contributed by atoms with Crippen LogP contribution in [0.4, 0.5) is 11.4 Å². The Kier molecular flexibility index (Phi) is 6.33. The van der Waals surface area contributed by atoms with Crippen LogP contribution in [-0.4, -0.2) is 36.7 Å². The van der Waals surface area contributed by atoms with Gasteiger partial charge in [-0.15, -0.1) is 0 Å². The maximum atomic E-state index is 14.8. The zero-order valence-corrected chi connectivity index (χ0v) is 24.7. The summed E-state index contributed by atoms with van der Waals surface area (Å²) in [6.07, 6.45) is 3.94. The maximum Gasteiger partial charge on any atom is 0.238 e. The average molecular weight is 640 g/mol. The molecule has 1 saturated heterocycles. The number of amides is 1. The largest absolute Gasteiger partial charge is 0.496 e. The topological polar surface area (TPSA) is 75.7 Å². The predicted octanol–water partition coefficient (Wildman–Crippen LogP) is 6.97. The first-order chi connectivity index (χ1) is 20.4. The quantitative estimate of drug-likeness (QED) is 0.239. The number of ketones is 2. The first-order valence-electron chi connectivity index (χ1n) is 13.5. The van der Waals surface area contributed by atoms with E-state index in [1.54, 1.807) is 49.6 Å². The van der Waals surface area contributed by atoms with E-state index >= 15 is 0 Å². The van der Waals surface area contributed by atoms with E-state index in [0.717, 1.165) is 11.3 Å². The van der Waals surface area contributed by atoms with E-state index in [1.807, 2.05) is 65.6 Å². The van der Waals surface area contributed by atoms with Gasteiger partial charge in [0.2, 0.25) is 5.91 Å². The van der Waals surface area contributed by atoms with Crippen LogP contribution in [-0.2, 0) is 10.2 Å². The third-order valence-corrected chi connectivity index (χ3v) is 9.53. The van der Waals surface area contributed by atoms with Gasteiger partial charge >= 0.3 is 0 Å². The summed E-state index contributed by atoms with van der Waals surface area (Å²) in [5.74, 6) is -1.35. The Morgan fingerprint density at radius 2 is 1.64 bits per heavy atom. The summed E-state index contributed by atoms with van der Waals surface area (Å²) in [4.78, 5) is 45.9. The van der Waals surface area contributed by atoms with Crippen molar-refractivity contribution in [3.05, 3.63) is 129 Å². The van der Waals surface area contributed by atoms with Gasteiger partial charge in [-0.1, -0.05) is 60.2 Å². The molecule has 42 heavy (non-hydrogen) atoms. The predicted molar refractivity (Wildman–Crippen MR) is 167 cm³/mol. The van der Waals surface area contributed by atoms with Crippen molar-refractivity contribution in [1.82, 2.24) is 0 Å². The van der Waals surface area contributed by atoms with Gasteiger partial charge in [-0.25, -0.2) is 0 Å². The van der Waals surface area contributed by atoms with Gasteiger partial charge in [-0.3, -0.25) is 14.4 Å². The summed E-state index contributed by atoms with van der Waals surface area (Å²) in [6.45, 7) is 0. The number of methoxy groups -OCH3 is 1. The Hall–Kier alpha value is -4.20. The van der Waals surface area contributed by atoms with Crippen LogP contribution >= 0.6 is 27.5 Å². The molecule has 3 aliphatic heterocycles. The minimum Gasteiger partial charge on any atom is -0.496 e. The number of hydrogen-bond donors (Lipinski definition) is 1. The summed E-state index contributed by atoms with van der Waals surface area (Å²) in [6, 6.07) is 25.3. The maximum absolute atomic E-state index is 14.8. The van der Waals surface area contributed by atoms with Crippen LogP contribution < -0.4 is 15.0 Å². The fraction of sp³-hybridized carbons (Fsp3) is 0.147. The highest BCUT2D eigenvalue weighted by atomic mass is 79.9. The highest BCUT2D eigenvalue weighted by molar-refractivity contribution is 9.10. The molecule has 8 heteroatoms. The van der Waals surface area contributed by atoms with Gasteiger partial charge in [0.25, 0.3) is 0 Å². The van der Waals surface area contributed by atoms with Crippen LogP contribution in [0.2, 0.25) is 5.02 Å². The fourth-order valence-corrected chi connectivity index (χ4v) is 7.57. The highest BCUT2D eigenvalue weighted by Crippen LogP contribution is 2.58. The molecule has 0 saturated carbocycles. The molecule has 0 aliphatic carbocycles. The second-order valence-corrected chi connectivity index (χ2v) is 11.9. The van der Waals surface area contributed by atoms with Crippen molar-refractivity contribution in [2.45, 2.75) is 17.5 Å². The number of carbonyl (C=O) groups excluding carboxylic acids is 3. The molecule has 208 valence electrons. The number of para-hydroxylation sites is 2. The second kappa shape index (κ2) is 9.96. The first kappa shape index (κ1) is 26.7. The number of ether oxygens (including phenoxy) is 1. The molecule has 1 amide bonds. The van der Waals surface area contributed by atoms with Crippen LogP contribution in [0, 0.1) is 5.92 Å². The van der Waals surface area contributed by atoms with Gasteiger partial charge in [-0.05, 0) is 81.7 Å². The van der Waals surface area contributed by atoms with Gasteiger partial charge in [0, 0.05) is 27.5 Å². The number of halogens is 2. The number of carbonyl (C=O) groups is 3. The molecule has 6 nitrogen and oxygen atoms in total. The van der Waals surface area contributed by atoms with Crippen LogP contribution in [0.1, 0.15) is 31.8 Å². The molecule has 0 unspecified atom stereocenters. The minimum absolute atomic E-state index is 0.269. The summed E-state index contributed by atoms with van der Waals surface area (Å²) < 4.78 is 6.01. The number of fused-ring (bicyclic) bond motifs is 6. The molecule has 1 fully saturated rings. The van der Waals surface area contributed by atoms with Gasteiger partial charge in [-0.2, -0.15) is 0 Å². The van der Waals surface area contributed by atoms with Gasteiger partial charge in [0.05, 0.1) is 23.5 Å². The molecule has 3 heterocycles. The SMILES string of the molecule is COc1ccc(C(=O)[C@@H]2[C@H](C(=O)c3ccc(Cl)cc3)[C@@]3(C(=O)Nc4ccccc43)[C@@H]3C=Cc4ccccc4N23)cc1Br. The Labute approximate surface area is 256 Å². The van der Waals surface area contributed by atoms with E-state index in [-0.39, 0.29) is 17.5 Å². The van der Waals surface area contributed by atoms with Crippen molar-refractivity contribution in [3.8, 4) is 5.75 Å². The van der Waals surface area contributed by atoms with Gasteiger partial charge < -0.3 is 15.0 Å². The summed E-state index contributed by atoms with van der Waals surface area (Å²) in [5, 5.41) is 3.54. The van der Waals surface area contributed by atoms with Crippen LogP contribution in [0.25, 0.3) is 6.08 Å². The van der Waals surface area contributed by atoms with Gasteiger partial charge in [0.15, 0.2) is 11.6 Å². The molecule has 4 atom stereocenters. The van der Waals surface area contributed by atoms with Gasteiger partial charge in [0.1, 0.15) is 17.2 Å². The van der Waals surface area contributed by atoms with Crippen molar-refractivity contribution >= 4 is 62.5 Å². The number of nitrogens with zero attached hydrogens (tertiary/aromatic N) is 1. The molecule has 7 rings (SSSR count). The lowest BCUT2D eigenvalue weighted by Gasteiger charge is -2.37. The molecule has 1 N–H and O–H groups in total. The Morgan fingerprint density at radius 1 is 0.929 bits per heavy atom. The number of nitrogens with one attached hydrogen (secondary N) is 1. The molecular formula is C34H24BrClN2O4. The molecular weight excluding hydrogens is 616 g/mol. The molecule has 3 aliphatic rings. The van der Waals surface area contributed by atoms with E-state index in [9.17, 15) is 14.4 Å². The Morgan fingerprint density at radius 3 is 2.40 bits per heavy atom. The van der Waals surface area contributed by atoms with Crippen molar-refractivity contribution in [2.75, 3.05) is 17.3 Å². The molecule has 0 bridgehead atoms. The normalized spacial score (nSPS) is 23.3. The standard InChI is InChI=1S/C34H24BrClN2O4/c1-42-27-16-12-21(18-24(27)35)32(40)30-29(31(39)20-10-14-22(36)15-11-20)34(23-7-3-4-8-25(23)37-33(34)41)28-17-13-19-6-2-5-9-26(19)38(28)30/h2-18,28-30H,1H3,(H,37,41)/t28-,29+,30-,34-/m0/s1. The third-order valence-electron chi connectivity index (χ3n) is 8.66. The van der Waals surface area contributed by atoms with Crippen molar-refractivity contribution in [3.63, 3.8) is 0 Å². The third kappa shape index (κ3) is 3.73. The van der Waals surface area contributed by atoms with Crippen LogP contribution in [0.5, 0.6) is 5.75 Å². The Bertz CT molecular complexity index is 1820. The number of hydrogen-bond acceptors (Lipinski definition) is 5. The van der Waals surface area contributed by atoms with E-state index in [0.29, 0.717) is 37.6 Å². The summed E-state index contributed by atoms with van der Waals surface area (Å²) >= 11 is 9.69. The monoisotopic (exact) mass is 638 g/mol.